The lowest BCUT2D eigenvalue weighted by Crippen LogP contribution is -2.04. The molecule has 0 aromatic rings. The summed E-state index contributed by atoms with van der Waals surface area (Å²) >= 11 is 0. The van der Waals surface area contributed by atoms with E-state index in [2.05, 4.69) is 0 Å². The molecule has 1 saturated heterocycles. The number of unbranched alkanes of at least 4 members (excludes halogenated alkanes) is 1. The highest BCUT2D eigenvalue weighted by Crippen LogP contribution is 2.39. The van der Waals surface area contributed by atoms with E-state index in [1.54, 1.807) is 6.92 Å². The van der Waals surface area contributed by atoms with Crippen LogP contribution in [0, 0.1) is 0 Å². The van der Waals surface area contributed by atoms with Gasteiger partial charge >= 0.3 is 0 Å². The van der Waals surface area contributed by atoms with Gasteiger partial charge in [0, 0.05) is 43.5 Å². The zero-order chi connectivity index (χ0) is 15.3. The summed E-state index contributed by atoms with van der Waals surface area (Å²) in [6, 6.07) is 0. The van der Waals surface area contributed by atoms with Gasteiger partial charge in [0.05, 0.1) is 0 Å². The van der Waals surface area contributed by atoms with E-state index in [9.17, 15) is 9.59 Å². The Morgan fingerprint density at radius 2 is 1.76 bits per heavy atom. The smallest absolute Gasteiger partial charge is 0.132 e. The maximum atomic E-state index is 11.7. The zero-order valence-corrected chi connectivity index (χ0v) is 14.7. The van der Waals surface area contributed by atoms with E-state index < -0.39 is 0 Å². The van der Waals surface area contributed by atoms with Gasteiger partial charge in [0.1, 0.15) is 11.6 Å². The SMILES string of the molecule is CC(=O)CCCOCCCC(=O)CCCCC1CCSS1. The van der Waals surface area contributed by atoms with Crippen molar-refractivity contribution in [2.45, 2.75) is 70.0 Å². The van der Waals surface area contributed by atoms with Crippen molar-refractivity contribution in [3.8, 4) is 0 Å². The number of carbonyl (C=O) groups is 2. The van der Waals surface area contributed by atoms with Gasteiger partial charge in [0.25, 0.3) is 0 Å². The fourth-order valence-corrected chi connectivity index (χ4v) is 5.31. The first-order chi connectivity index (χ1) is 10.2. The molecule has 0 aromatic carbocycles. The third-order valence-electron chi connectivity index (χ3n) is 3.52. The van der Waals surface area contributed by atoms with Crippen molar-refractivity contribution in [1.29, 1.82) is 0 Å². The minimum atomic E-state index is 0.211. The number of ketones is 2. The molecule has 3 nitrogen and oxygen atoms in total. The number of rotatable bonds is 13. The second-order valence-electron chi connectivity index (χ2n) is 5.63. The third-order valence-corrected chi connectivity index (χ3v) is 6.53. The number of hydrogen-bond acceptors (Lipinski definition) is 5. The fourth-order valence-electron chi connectivity index (χ4n) is 2.28. The molecule has 1 atom stereocenters. The van der Waals surface area contributed by atoms with Crippen molar-refractivity contribution in [3.05, 3.63) is 0 Å². The molecule has 0 bridgehead atoms. The van der Waals surface area contributed by atoms with E-state index >= 15 is 0 Å². The molecule has 0 N–H and O–H groups in total. The van der Waals surface area contributed by atoms with Gasteiger partial charge in [-0.3, -0.25) is 4.79 Å². The summed E-state index contributed by atoms with van der Waals surface area (Å²) in [5.41, 5.74) is 0. The summed E-state index contributed by atoms with van der Waals surface area (Å²) in [6.45, 7) is 2.87. The second kappa shape index (κ2) is 12.5. The summed E-state index contributed by atoms with van der Waals surface area (Å²) in [6.07, 6.45) is 8.40. The van der Waals surface area contributed by atoms with Gasteiger partial charge in [0.2, 0.25) is 0 Å². The van der Waals surface area contributed by atoms with Crippen LogP contribution in [0.2, 0.25) is 0 Å². The first kappa shape index (κ1) is 19.0. The van der Waals surface area contributed by atoms with Crippen LogP contribution in [0.1, 0.15) is 64.7 Å². The molecular weight excluding hydrogens is 304 g/mol. The van der Waals surface area contributed by atoms with E-state index in [4.69, 9.17) is 4.74 Å². The standard InChI is InChI=1S/C16H28O3S2/c1-14(17)6-4-11-19-12-5-8-15(18)7-2-3-9-16-10-13-20-21-16/h16H,2-13H2,1H3. The third kappa shape index (κ3) is 11.2. The van der Waals surface area contributed by atoms with Crippen LogP contribution >= 0.6 is 21.6 Å². The minimum Gasteiger partial charge on any atom is -0.381 e. The van der Waals surface area contributed by atoms with E-state index in [0.29, 0.717) is 31.8 Å². The van der Waals surface area contributed by atoms with E-state index in [1.165, 1.54) is 25.0 Å². The number of ether oxygens (including phenoxy) is 1. The van der Waals surface area contributed by atoms with Crippen molar-refractivity contribution < 1.29 is 14.3 Å². The normalized spacial score (nSPS) is 18.0. The first-order valence-electron chi connectivity index (χ1n) is 8.05. The molecule has 1 aliphatic heterocycles. The minimum absolute atomic E-state index is 0.211. The quantitative estimate of drug-likeness (QED) is 0.368. The average Bonchev–Trinajstić information content (AvgIpc) is 2.95. The molecule has 0 amide bonds. The van der Waals surface area contributed by atoms with Crippen LogP contribution in [0.5, 0.6) is 0 Å². The predicted octanol–water partition coefficient (Wildman–Crippen LogP) is 4.44. The van der Waals surface area contributed by atoms with Gasteiger partial charge in [0.15, 0.2) is 0 Å². The van der Waals surface area contributed by atoms with Crippen LogP contribution in [0.4, 0.5) is 0 Å². The van der Waals surface area contributed by atoms with Crippen LogP contribution in [0.3, 0.4) is 0 Å². The molecule has 0 radical (unpaired) electrons. The molecule has 21 heavy (non-hydrogen) atoms. The first-order valence-corrected chi connectivity index (χ1v) is 10.4. The molecule has 1 unspecified atom stereocenters. The molecular formula is C16H28O3S2. The van der Waals surface area contributed by atoms with Crippen molar-refractivity contribution >= 4 is 33.2 Å². The van der Waals surface area contributed by atoms with Gasteiger partial charge in [-0.1, -0.05) is 28.0 Å². The van der Waals surface area contributed by atoms with Gasteiger partial charge in [-0.25, -0.2) is 0 Å². The molecule has 0 saturated carbocycles. The summed E-state index contributed by atoms with van der Waals surface area (Å²) in [4.78, 5) is 22.4. The highest BCUT2D eigenvalue weighted by atomic mass is 33.1. The second-order valence-corrected chi connectivity index (χ2v) is 8.42. The largest absolute Gasteiger partial charge is 0.381 e. The van der Waals surface area contributed by atoms with E-state index in [0.717, 1.165) is 30.9 Å². The Labute approximate surface area is 136 Å². The molecule has 1 rings (SSSR count). The Morgan fingerprint density at radius 1 is 1.05 bits per heavy atom. The monoisotopic (exact) mass is 332 g/mol. The van der Waals surface area contributed by atoms with Crippen molar-refractivity contribution in [1.82, 2.24) is 0 Å². The van der Waals surface area contributed by atoms with Crippen molar-refractivity contribution in [2.75, 3.05) is 19.0 Å². The molecule has 1 fully saturated rings. The van der Waals surface area contributed by atoms with E-state index in [-0.39, 0.29) is 5.78 Å². The van der Waals surface area contributed by atoms with Gasteiger partial charge < -0.3 is 9.53 Å². The Balaban J connectivity index is 1.81. The Hall–Kier alpha value is 0. The molecule has 0 aromatic heterocycles. The van der Waals surface area contributed by atoms with Crippen molar-refractivity contribution in [2.24, 2.45) is 0 Å². The fraction of sp³-hybridized carbons (Fsp3) is 0.875. The van der Waals surface area contributed by atoms with Gasteiger partial charge in [-0.2, -0.15) is 0 Å². The number of carbonyl (C=O) groups excluding carboxylic acids is 2. The lowest BCUT2D eigenvalue weighted by Gasteiger charge is -2.06. The Morgan fingerprint density at radius 3 is 2.43 bits per heavy atom. The summed E-state index contributed by atoms with van der Waals surface area (Å²) in [5, 5.41) is 0.827. The number of hydrogen-bond donors (Lipinski definition) is 0. The Kier molecular flexibility index (Phi) is 11.4. The van der Waals surface area contributed by atoms with Gasteiger partial charge in [-0.05, 0) is 39.0 Å². The molecule has 0 spiro atoms. The molecule has 0 aliphatic carbocycles. The molecule has 1 aliphatic rings. The zero-order valence-electron chi connectivity index (χ0n) is 13.1. The average molecular weight is 333 g/mol. The predicted molar refractivity (Wildman–Crippen MR) is 91.9 cm³/mol. The van der Waals surface area contributed by atoms with E-state index in [1.807, 2.05) is 21.6 Å². The maximum Gasteiger partial charge on any atom is 0.132 e. The van der Waals surface area contributed by atoms with Crippen LogP contribution in [0.15, 0.2) is 0 Å². The van der Waals surface area contributed by atoms with Crippen LogP contribution in [0.25, 0.3) is 0 Å². The summed E-state index contributed by atoms with van der Waals surface area (Å²) in [5.74, 6) is 1.87. The number of Topliss-reactive ketones (excluding diaryl/α,β-unsaturated/α-hetero) is 2. The summed E-state index contributed by atoms with van der Waals surface area (Å²) in [7, 11) is 4.00. The highest BCUT2D eigenvalue weighted by molar-refractivity contribution is 8.77. The summed E-state index contributed by atoms with van der Waals surface area (Å²) < 4.78 is 5.42. The van der Waals surface area contributed by atoms with Crippen molar-refractivity contribution in [3.63, 3.8) is 0 Å². The highest BCUT2D eigenvalue weighted by Gasteiger charge is 2.15. The molecule has 5 heteroatoms. The molecule has 122 valence electrons. The molecule has 1 heterocycles. The van der Waals surface area contributed by atoms with Crippen LogP contribution < -0.4 is 0 Å². The van der Waals surface area contributed by atoms with Crippen LogP contribution in [-0.4, -0.2) is 35.8 Å². The lowest BCUT2D eigenvalue weighted by molar-refractivity contribution is -0.119. The lowest BCUT2D eigenvalue weighted by atomic mass is 10.1. The van der Waals surface area contributed by atoms with Gasteiger partial charge in [-0.15, -0.1) is 0 Å². The van der Waals surface area contributed by atoms with Crippen LogP contribution in [-0.2, 0) is 14.3 Å². The Bertz CT molecular complexity index is 302. The maximum absolute atomic E-state index is 11.7. The topological polar surface area (TPSA) is 43.4 Å².